The standard InChI is InChI=1S/C24H25N7O5/c1-3-29(12-18-14-35-19-9-4-5-10-20(19)36-18)21(32)13-30-22(33)24(2,26-23(30)34)16-7-6-8-17(11-16)31-15-25-27-28-31/h4-11,15,18H,3,12-14H2,1-2H3,(H,26,34). The van der Waals surface area contributed by atoms with E-state index in [0.717, 1.165) is 4.90 Å². The first-order valence-electron chi connectivity index (χ1n) is 11.5. The molecule has 0 saturated carbocycles. The van der Waals surface area contributed by atoms with Gasteiger partial charge in [0.05, 0.1) is 12.2 Å². The molecule has 12 nitrogen and oxygen atoms in total. The number of ether oxygens (including phenoxy) is 2. The number of tetrazole rings is 1. The lowest BCUT2D eigenvalue weighted by molar-refractivity contribution is -0.139. The van der Waals surface area contributed by atoms with Crippen LogP contribution in [0.1, 0.15) is 19.4 Å². The molecule has 2 unspecified atom stereocenters. The molecule has 186 valence electrons. The van der Waals surface area contributed by atoms with Crippen LogP contribution in [0.3, 0.4) is 0 Å². The maximum Gasteiger partial charge on any atom is 0.325 e. The maximum absolute atomic E-state index is 13.4. The van der Waals surface area contributed by atoms with Gasteiger partial charge in [-0.1, -0.05) is 24.3 Å². The van der Waals surface area contributed by atoms with Gasteiger partial charge in [-0.05, 0) is 54.1 Å². The molecule has 5 rings (SSSR count). The zero-order valence-corrected chi connectivity index (χ0v) is 19.8. The third kappa shape index (κ3) is 4.21. The lowest BCUT2D eigenvalue weighted by Gasteiger charge is -2.31. The van der Waals surface area contributed by atoms with Crippen molar-refractivity contribution in [2.24, 2.45) is 0 Å². The number of hydrogen-bond donors (Lipinski definition) is 1. The molecule has 0 radical (unpaired) electrons. The summed E-state index contributed by atoms with van der Waals surface area (Å²) in [5.74, 6) is 0.393. The molecule has 0 spiro atoms. The molecule has 1 aromatic heterocycles. The average Bonchev–Trinajstić information content (AvgIpc) is 3.51. The van der Waals surface area contributed by atoms with Gasteiger partial charge < -0.3 is 19.7 Å². The van der Waals surface area contributed by atoms with Gasteiger partial charge >= 0.3 is 6.03 Å². The molecule has 3 heterocycles. The highest BCUT2D eigenvalue weighted by Crippen LogP contribution is 2.32. The maximum atomic E-state index is 13.4. The number of para-hydroxylation sites is 2. The summed E-state index contributed by atoms with van der Waals surface area (Å²) in [5, 5.41) is 13.8. The summed E-state index contributed by atoms with van der Waals surface area (Å²) in [4.78, 5) is 41.8. The van der Waals surface area contributed by atoms with E-state index in [0.29, 0.717) is 35.9 Å². The molecule has 0 bridgehead atoms. The molecule has 4 amide bonds. The fraction of sp³-hybridized carbons (Fsp3) is 0.333. The Morgan fingerprint density at radius 3 is 2.75 bits per heavy atom. The van der Waals surface area contributed by atoms with Gasteiger partial charge in [0.1, 0.15) is 25.0 Å². The first kappa shape index (κ1) is 23.3. The summed E-state index contributed by atoms with van der Waals surface area (Å²) in [6, 6.07) is 13.7. The van der Waals surface area contributed by atoms with Crippen LogP contribution >= 0.6 is 0 Å². The van der Waals surface area contributed by atoms with E-state index >= 15 is 0 Å². The molecule has 2 aromatic carbocycles. The number of nitrogens with one attached hydrogen (secondary N) is 1. The smallest absolute Gasteiger partial charge is 0.325 e. The average molecular weight is 492 g/mol. The Labute approximate surface area is 206 Å². The van der Waals surface area contributed by atoms with Crippen LogP contribution < -0.4 is 14.8 Å². The Morgan fingerprint density at radius 2 is 2.00 bits per heavy atom. The summed E-state index contributed by atoms with van der Waals surface area (Å²) in [7, 11) is 0. The number of carbonyl (C=O) groups excluding carboxylic acids is 3. The predicted octanol–water partition coefficient (Wildman–Crippen LogP) is 1.12. The molecule has 1 N–H and O–H groups in total. The molecule has 2 atom stereocenters. The quantitative estimate of drug-likeness (QED) is 0.487. The Bertz CT molecular complexity index is 1300. The Kier molecular flexibility index (Phi) is 6.00. The fourth-order valence-electron chi connectivity index (χ4n) is 4.32. The highest BCUT2D eigenvalue weighted by atomic mass is 16.6. The van der Waals surface area contributed by atoms with Crippen molar-refractivity contribution in [2.75, 3.05) is 26.2 Å². The van der Waals surface area contributed by atoms with Crippen molar-refractivity contribution < 1.29 is 23.9 Å². The van der Waals surface area contributed by atoms with Crippen molar-refractivity contribution in [1.82, 2.24) is 35.3 Å². The number of fused-ring (bicyclic) bond motifs is 1. The fourth-order valence-corrected chi connectivity index (χ4v) is 4.32. The zero-order valence-electron chi connectivity index (χ0n) is 19.8. The summed E-state index contributed by atoms with van der Waals surface area (Å²) >= 11 is 0. The van der Waals surface area contributed by atoms with Crippen LogP contribution in [0.2, 0.25) is 0 Å². The van der Waals surface area contributed by atoms with Crippen molar-refractivity contribution in [2.45, 2.75) is 25.5 Å². The van der Waals surface area contributed by atoms with E-state index in [2.05, 4.69) is 20.8 Å². The Morgan fingerprint density at radius 1 is 1.19 bits per heavy atom. The zero-order chi connectivity index (χ0) is 25.3. The van der Waals surface area contributed by atoms with Gasteiger partial charge in [0.2, 0.25) is 5.91 Å². The van der Waals surface area contributed by atoms with E-state index in [4.69, 9.17) is 9.47 Å². The predicted molar refractivity (Wildman–Crippen MR) is 125 cm³/mol. The van der Waals surface area contributed by atoms with E-state index in [9.17, 15) is 14.4 Å². The van der Waals surface area contributed by atoms with Gasteiger partial charge in [0, 0.05) is 6.54 Å². The molecular weight excluding hydrogens is 466 g/mol. The number of amides is 4. The molecule has 36 heavy (non-hydrogen) atoms. The van der Waals surface area contributed by atoms with E-state index in [1.807, 2.05) is 31.2 Å². The molecule has 1 saturated heterocycles. The number of urea groups is 1. The van der Waals surface area contributed by atoms with E-state index in [1.54, 1.807) is 36.1 Å². The second-order valence-electron chi connectivity index (χ2n) is 8.68. The van der Waals surface area contributed by atoms with Crippen molar-refractivity contribution in [1.29, 1.82) is 0 Å². The highest BCUT2D eigenvalue weighted by Gasteiger charge is 2.50. The van der Waals surface area contributed by atoms with Crippen LogP contribution in [0.4, 0.5) is 4.79 Å². The lowest BCUT2D eigenvalue weighted by atomic mass is 9.91. The van der Waals surface area contributed by atoms with Crippen LogP contribution in [0, 0.1) is 0 Å². The largest absolute Gasteiger partial charge is 0.486 e. The van der Waals surface area contributed by atoms with Crippen molar-refractivity contribution in [3.8, 4) is 17.2 Å². The van der Waals surface area contributed by atoms with Crippen molar-refractivity contribution >= 4 is 17.8 Å². The second-order valence-corrected chi connectivity index (χ2v) is 8.68. The first-order chi connectivity index (χ1) is 17.4. The number of hydrogen-bond acceptors (Lipinski definition) is 8. The molecule has 2 aliphatic rings. The Hall–Kier alpha value is -4.48. The number of benzene rings is 2. The Balaban J connectivity index is 1.28. The number of nitrogens with zero attached hydrogens (tertiary/aromatic N) is 6. The topological polar surface area (TPSA) is 132 Å². The van der Waals surface area contributed by atoms with E-state index < -0.39 is 17.5 Å². The normalized spacial score (nSPS) is 20.8. The molecule has 12 heteroatoms. The minimum atomic E-state index is -1.34. The molecule has 2 aliphatic heterocycles. The SMILES string of the molecule is CCN(CC1COc2ccccc2O1)C(=O)CN1C(=O)NC(C)(c2cccc(-n3cnnn3)c2)C1=O. The van der Waals surface area contributed by atoms with Gasteiger partial charge in [0.25, 0.3) is 5.91 Å². The summed E-state index contributed by atoms with van der Waals surface area (Å²) < 4.78 is 13.1. The van der Waals surface area contributed by atoms with Gasteiger partial charge in [-0.15, -0.1) is 5.10 Å². The minimum Gasteiger partial charge on any atom is -0.486 e. The monoisotopic (exact) mass is 491 g/mol. The van der Waals surface area contributed by atoms with Crippen LogP contribution in [-0.2, 0) is 15.1 Å². The summed E-state index contributed by atoms with van der Waals surface area (Å²) in [5.41, 5.74) is -0.172. The van der Waals surface area contributed by atoms with Crippen LogP contribution in [0.5, 0.6) is 11.5 Å². The number of likely N-dealkylation sites (N-methyl/N-ethyl adjacent to an activating group) is 1. The van der Waals surface area contributed by atoms with Gasteiger partial charge in [-0.25, -0.2) is 9.48 Å². The lowest BCUT2D eigenvalue weighted by Crippen LogP contribution is -2.48. The second kappa shape index (κ2) is 9.29. The molecule has 3 aromatic rings. The van der Waals surface area contributed by atoms with Crippen LogP contribution in [0.15, 0.2) is 54.9 Å². The summed E-state index contributed by atoms with van der Waals surface area (Å²) in [6.07, 6.45) is 1.06. The molecular formula is C24H25N7O5. The third-order valence-electron chi connectivity index (χ3n) is 6.33. The first-order valence-corrected chi connectivity index (χ1v) is 11.5. The number of imide groups is 1. The van der Waals surface area contributed by atoms with Gasteiger partial charge in [-0.3, -0.25) is 14.5 Å². The number of carbonyl (C=O) groups is 3. The van der Waals surface area contributed by atoms with Gasteiger partial charge in [-0.2, -0.15) is 0 Å². The van der Waals surface area contributed by atoms with Crippen LogP contribution in [0.25, 0.3) is 5.69 Å². The minimum absolute atomic E-state index is 0.262. The summed E-state index contributed by atoms with van der Waals surface area (Å²) in [6.45, 7) is 3.99. The number of aromatic nitrogens is 4. The van der Waals surface area contributed by atoms with Gasteiger partial charge in [0.15, 0.2) is 17.6 Å². The van der Waals surface area contributed by atoms with Crippen molar-refractivity contribution in [3.05, 3.63) is 60.4 Å². The van der Waals surface area contributed by atoms with E-state index in [1.165, 1.54) is 11.0 Å². The molecule has 1 fully saturated rings. The molecule has 0 aliphatic carbocycles. The highest BCUT2D eigenvalue weighted by molar-refractivity contribution is 6.09. The number of rotatable bonds is 7. The van der Waals surface area contributed by atoms with Crippen molar-refractivity contribution in [3.63, 3.8) is 0 Å². The third-order valence-corrected chi connectivity index (χ3v) is 6.33. The van der Waals surface area contributed by atoms with E-state index in [-0.39, 0.29) is 25.1 Å². The van der Waals surface area contributed by atoms with Crippen LogP contribution in [-0.4, -0.2) is 80.2 Å².